The number of benzene rings is 1. The van der Waals surface area contributed by atoms with Crippen LogP contribution in [-0.2, 0) is 14.3 Å². The van der Waals surface area contributed by atoms with Crippen molar-refractivity contribution in [2.24, 2.45) is 0 Å². The number of carbonyl (C=O) groups excluding carboxylic acids is 3. The number of amides is 3. The van der Waals surface area contributed by atoms with Gasteiger partial charge in [0.1, 0.15) is 5.82 Å². The Morgan fingerprint density at radius 2 is 1.90 bits per heavy atom. The fourth-order valence-electron chi connectivity index (χ4n) is 2.98. The van der Waals surface area contributed by atoms with Gasteiger partial charge in [-0.2, -0.15) is 0 Å². The van der Waals surface area contributed by atoms with Crippen LogP contribution in [0.5, 0.6) is 5.75 Å². The second-order valence-electron chi connectivity index (χ2n) is 6.84. The molecule has 30 heavy (non-hydrogen) atoms. The molecular formula is C20H27F2N3O5. The molecule has 0 aromatic heterocycles. The average Bonchev–Trinajstić information content (AvgIpc) is 2.71. The molecule has 1 aromatic rings. The quantitative estimate of drug-likeness (QED) is 0.588. The van der Waals surface area contributed by atoms with E-state index >= 15 is 0 Å². The lowest BCUT2D eigenvalue weighted by atomic mass is 10.1. The highest BCUT2D eigenvalue weighted by Crippen LogP contribution is 2.17. The van der Waals surface area contributed by atoms with Crippen LogP contribution in [-0.4, -0.2) is 61.7 Å². The van der Waals surface area contributed by atoms with Crippen LogP contribution < -0.4 is 15.4 Å². The lowest BCUT2D eigenvalue weighted by Gasteiger charge is -2.31. The van der Waals surface area contributed by atoms with Gasteiger partial charge in [-0.25, -0.2) is 13.6 Å². The molecule has 0 aliphatic carbocycles. The SMILES string of the molecule is CCOC(=O)N1CCC(NC(=O)CCCNC(=O)COc2ccc(F)cc2F)CC1. The molecule has 8 nitrogen and oxygen atoms in total. The molecule has 1 aliphatic heterocycles. The first-order valence-electron chi connectivity index (χ1n) is 9.94. The molecule has 2 N–H and O–H groups in total. The molecule has 0 unspecified atom stereocenters. The normalized spacial score (nSPS) is 14.2. The number of hydrogen-bond acceptors (Lipinski definition) is 5. The van der Waals surface area contributed by atoms with E-state index in [1.54, 1.807) is 11.8 Å². The summed E-state index contributed by atoms with van der Waals surface area (Å²) >= 11 is 0. The van der Waals surface area contributed by atoms with Crippen molar-refractivity contribution in [1.29, 1.82) is 0 Å². The van der Waals surface area contributed by atoms with E-state index in [4.69, 9.17) is 9.47 Å². The minimum absolute atomic E-state index is 0.0109. The standard InChI is InChI=1S/C20H27F2N3O5/c1-2-29-20(28)25-10-7-15(8-11-25)24-18(26)4-3-9-23-19(27)13-30-17-6-5-14(21)12-16(17)22/h5-6,12,15H,2-4,7-11,13H2,1H3,(H,23,27)(H,24,26). The third kappa shape index (κ3) is 7.84. The lowest BCUT2D eigenvalue weighted by molar-refractivity contribution is -0.124. The number of piperidine rings is 1. The molecule has 3 amide bonds. The Morgan fingerprint density at radius 1 is 1.17 bits per heavy atom. The van der Waals surface area contributed by atoms with Crippen LogP contribution >= 0.6 is 0 Å². The van der Waals surface area contributed by atoms with Gasteiger partial charge in [0.25, 0.3) is 5.91 Å². The number of carbonyl (C=O) groups is 3. The van der Waals surface area contributed by atoms with E-state index in [2.05, 4.69) is 10.6 Å². The van der Waals surface area contributed by atoms with Crippen molar-refractivity contribution in [1.82, 2.24) is 15.5 Å². The molecule has 10 heteroatoms. The number of likely N-dealkylation sites (tertiary alicyclic amines) is 1. The van der Waals surface area contributed by atoms with Gasteiger partial charge in [0.05, 0.1) is 6.61 Å². The summed E-state index contributed by atoms with van der Waals surface area (Å²) in [6.07, 6.45) is 1.68. The van der Waals surface area contributed by atoms with E-state index in [1.165, 1.54) is 0 Å². The molecule has 1 saturated heterocycles. The molecular weight excluding hydrogens is 400 g/mol. The topological polar surface area (TPSA) is 97.0 Å². The van der Waals surface area contributed by atoms with Crippen LogP contribution in [0.25, 0.3) is 0 Å². The minimum atomic E-state index is -0.882. The molecule has 1 aromatic carbocycles. The maximum absolute atomic E-state index is 13.4. The Balaban J connectivity index is 1.55. The van der Waals surface area contributed by atoms with Gasteiger partial charge in [-0.05, 0) is 38.3 Å². The minimum Gasteiger partial charge on any atom is -0.481 e. The predicted octanol–water partition coefficient (Wildman–Crippen LogP) is 1.98. The summed E-state index contributed by atoms with van der Waals surface area (Å²) in [4.78, 5) is 37.0. The molecule has 166 valence electrons. The lowest BCUT2D eigenvalue weighted by Crippen LogP contribution is -2.46. The molecule has 1 aliphatic rings. The summed E-state index contributed by atoms with van der Waals surface area (Å²) in [5.41, 5.74) is 0. The molecule has 1 heterocycles. The maximum atomic E-state index is 13.4. The van der Waals surface area contributed by atoms with Gasteiger partial charge in [-0.15, -0.1) is 0 Å². The summed E-state index contributed by atoms with van der Waals surface area (Å²) in [5.74, 6) is -2.41. The molecule has 0 spiro atoms. The molecule has 0 atom stereocenters. The first kappa shape index (κ1) is 23.4. The third-order valence-electron chi connectivity index (χ3n) is 4.54. The van der Waals surface area contributed by atoms with Crippen molar-refractivity contribution < 1.29 is 32.6 Å². The van der Waals surface area contributed by atoms with Crippen molar-refractivity contribution in [3.8, 4) is 5.75 Å². The largest absolute Gasteiger partial charge is 0.481 e. The monoisotopic (exact) mass is 427 g/mol. The number of ether oxygens (including phenoxy) is 2. The second-order valence-corrected chi connectivity index (χ2v) is 6.84. The summed E-state index contributed by atoms with van der Waals surface area (Å²) < 4.78 is 36.2. The van der Waals surface area contributed by atoms with Gasteiger partial charge in [0.15, 0.2) is 18.2 Å². The fourth-order valence-corrected chi connectivity index (χ4v) is 2.98. The highest BCUT2D eigenvalue weighted by molar-refractivity contribution is 5.78. The summed E-state index contributed by atoms with van der Waals surface area (Å²) in [7, 11) is 0. The number of nitrogens with one attached hydrogen (secondary N) is 2. The zero-order valence-corrected chi connectivity index (χ0v) is 16.9. The Hall–Kier alpha value is -2.91. The van der Waals surface area contributed by atoms with Crippen LogP contribution in [0.1, 0.15) is 32.6 Å². The van der Waals surface area contributed by atoms with E-state index in [9.17, 15) is 23.2 Å². The first-order valence-corrected chi connectivity index (χ1v) is 9.94. The number of halogens is 2. The van der Waals surface area contributed by atoms with Crippen LogP contribution in [0.15, 0.2) is 18.2 Å². The molecule has 1 fully saturated rings. The second kappa shape index (κ2) is 11.9. The van der Waals surface area contributed by atoms with Crippen LogP contribution in [0, 0.1) is 11.6 Å². The predicted molar refractivity (Wildman–Crippen MR) is 104 cm³/mol. The summed E-state index contributed by atoms with van der Waals surface area (Å²) in [6.45, 7) is 3.02. The fraction of sp³-hybridized carbons (Fsp3) is 0.550. The van der Waals surface area contributed by atoms with E-state index in [0.717, 1.165) is 12.1 Å². The zero-order chi connectivity index (χ0) is 21.9. The van der Waals surface area contributed by atoms with Crippen molar-refractivity contribution in [3.05, 3.63) is 29.8 Å². The Bertz CT molecular complexity index is 739. The molecule has 2 rings (SSSR count). The van der Waals surface area contributed by atoms with Crippen LogP contribution in [0.2, 0.25) is 0 Å². The van der Waals surface area contributed by atoms with Crippen LogP contribution in [0.3, 0.4) is 0 Å². The van der Waals surface area contributed by atoms with E-state index < -0.39 is 24.1 Å². The smallest absolute Gasteiger partial charge is 0.409 e. The van der Waals surface area contributed by atoms with Gasteiger partial charge in [-0.1, -0.05) is 0 Å². The molecule has 0 radical (unpaired) electrons. The Labute approximate surface area is 173 Å². The van der Waals surface area contributed by atoms with Crippen molar-refractivity contribution in [3.63, 3.8) is 0 Å². The summed E-state index contributed by atoms with van der Waals surface area (Å²) in [5, 5.41) is 5.50. The van der Waals surface area contributed by atoms with Gasteiger partial charge in [-0.3, -0.25) is 9.59 Å². The van der Waals surface area contributed by atoms with Gasteiger partial charge >= 0.3 is 6.09 Å². The van der Waals surface area contributed by atoms with Gasteiger partial charge in [0.2, 0.25) is 5.91 Å². The average molecular weight is 427 g/mol. The van der Waals surface area contributed by atoms with Gasteiger partial charge < -0.3 is 25.0 Å². The van der Waals surface area contributed by atoms with E-state index in [0.29, 0.717) is 45.0 Å². The zero-order valence-electron chi connectivity index (χ0n) is 16.9. The van der Waals surface area contributed by atoms with Crippen molar-refractivity contribution >= 4 is 17.9 Å². The Kier molecular flexibility index (Phi) is 9.30. The Morgan fingerprint density at radius 3 is 2.57 bits per heavy atom. The van der Waals surface area contributed by atoms with E-state index in [1.807, 2.05) is 0 Å². The molecule has 0 bridgehead atoms. The summed E-state index contributed by atoms with van der Waals surface area (Å²) in [6, 6.07) is 2.83. The number of rotatable bonds is 9. The maximum Gasteiger partial charge on any atom is 0.409 e. The highest BCUT2D eigenvalue weighted by atomic mass is 19.1. The number of hydrogen-bond donors (Lipinski definition) is 2. The molecule has 0 saturated carbocycles. The van der Waals surface area contributed by atoms with Gasteiger partial charge in [0, 0.05) is 38.2 Å². The first-order chi connectivity index (χ1) is 14.4. The van der Waals surface area contributed by atoms with E-state index in [-0.39, 0.29) is 36.8 Å². The van der Waals surface area contributed by atoms with Crippen LogP contribution in [0.4, 0.5) is 13.6 Å². The third-order valence-corrected chi connectivity index (χ3v) is 4.54. The highest BCUT2D eigenvalue weighted by Gasteiger charge is 2.24. The van der Waals surface area contributed by atoms with Crippen molar-refractivity contribution in [2.45, 2.75) is 38.6 Å². The van der Waals surface area contributed by atoms with Crippen molar-refractivity contribution in [2.75, 3.05) is 32.8 Å². The number of nitrogens with zero attached hydrogens (tertiary/aromatic N) is 1.